The Morgan fingerprint density at radius 3 is 3.00 bits per heavy atom. The van der Waals surface area contributed by atoms with Gasteiger partial charge in [-0.2, -0.15) is 0 Å². The molecule has 0 aromatic carbocycles. The second-order valence-electron chi connectivity index (χ2n) is 3.84. The van der Waals surface area contributed by atoms with Gasteiger partial charge in [-0.1, -0.05) is 19.3 Å². The number of furan rings is 1. The summed E-state index contributed by atoms with van der Waals surface area (Å²) < 4.78 is 5.22. The fourth-order valence-corrected chi connectivity index (χ4v) is 1.71. The molecule has 2 rings (SSSR count). The fourth-order valence-electron chi connectivity index (χ4n) is 1.71. The predicted octanol–water partition coefficient (Wildman–Crippen LogP) is 2.56. The van der Waals surface area contributed by atoms with Crippen LogP contribution in [-0.4, -0.2) is 6.54 Å². The lowest BCUT2D eigenvalue weighted by Gasteiger charge is -2.25. The van der Waals surface area contributed by atoms with Gasteiger partial charge in [0.15, 0.2) is 0 Å². The number of hydrogen-bond donors (Lipinski definition) is 1. The first-order valence-electron chi connectivity index (χ1n) is 5.18. The highest BCUT2D eigenvalue weighted by molar-refractivity contribution is 4.97. The van der Waals surface area contributed by atoms with Gasteiger partial charge in [0.05, 0.1) is 12.8 Å². The Balaban J connectivity index is 1.53. The first-order valence-corrected chi connectivity index (χ1v) is 5.18. The highest BCUT2D eigenvalue weighted by Gasteiger charge is 2.16. The number of rotatable bonds is 5. The summed E-state index contributed by atoms with van der Waals surface area (Å²) in [6.45, 7) is 2.01. The van der Waals surface area contributed by atoms with E-state index >= 15 is 0 Å². The lowest BCUT2D eigenvalue weighted by atomic mass is 9.83. The molecule has 1 aromatic rings. The van der Waals surface area contributed by atoms with Gasteiger partial charge in [0.1, 0.15) is 5.76 Å². The van der Waals surface area contributed by atoms with Gasteiger partial charge in [0.2, 0.25) is 0 Å². The average Bonchev–Trinajstić information content (AvgIpc) is 2.53. The van der Waals surface area contributed by atoms with E-state index in [1.807, 2.05) is 12.1 Å². The van der Waals surface area contributed by atoms with Gasteiger partial charge in [0.25, 0.3) is 0 Å². The van der Waals surface area contributed by atoms with Gasteiger partial charge in [-0.3, -0.25) is 0 Å². The molecule has 1 N–H and O–H groups in total. The molecule has 1 saturated carbocycles. The van der Waals surface area contributed by atoms with Gasteiger partial charge < -0.3 is 9.73 Å². The van der Waals surface area contributed by atoms with Crippen LogP contribution in [0.5, 0.6) is 0 Å². The molecule has 1 heterocycles. The highest BCUT2D eigenvalue weighted by Crippen LogP contribution is 2.28. The van der Waals surface area contributed by atoms with Crippen molar-refractivity contribution in [3.63, 3.8) is 0 Å². The zero-order chi connectivity index (χ0) is 8.93. The normalized spacial score (nSPS) is 17.2. The van der Waals surface area contributed by atoms with E-state index in [0.29, 0.717) is 0 Å². The summed E-state index contributed by atoms with van der Waals surface area (Å²) in [6.07, 6.45) is 7.40. The summed E-state index contributed by atoms with van der Waals surface area (Å²) in [5, 5.41) is 3.39. The molecule has 0 amide bonds. The van der Waals surface area contributed by atoms with Crippen LogP contribution >= 0.6 is 0 Å². The molecule has 1 aliphatic carbocycles. The zero-order valence-corrected chi connectivity index (χ0v) is 7.96. The first kappa shape index (κ1) is 8.82. The van der Waals surface area contributed by atoms with Crippen molar-refractivity contribution in [2.45, 2.75) is 32.2 Å². The van der Waals surface area contributed by atoms with Crippen molar-refractivity contribution in [1.29, 1.82) is 0 Å². The molecular weight excluding hydrogens is 162 g/mol. The van der Waals surface area contributed by atoms with E-state index in [0.717, 1.165) is 24.8 Å². The van der Waals surface area contributed by atoms with E-state index in [1.54, 1.807) is 6.26 Å². The molecule has 1 aliphatic rings. The molecule has 1 fully saturated rings. The molecular formula is C11H17NO. The molecule has 0 atom stereocenters. The summed E-state index contributed by atoms with van der Waals surface area (Å²) in [5.74, 6) is 2.04. The minimum atomic E-state index is 0.875. The van der Waals surface area contributed by atoms with Crippen molar-refractivity contribution in [1.82, 2.24) is 5.32 Å². The maximum absolute atomic E-state index is 5.22. The molecule has 0 aliphatic heterocycles. The Morgan fingerprint density at radius 1 is 1.46 bits per heavy atom. The third-order valence-electron chi connectivity index (χ3n) is 2.83. The molecule has 2 heteroatoms. The minimum absolute atomic E-state index is 0.875. The number of hydrogen-bond acceptors (Lipinski definition) is 2. The van der Waals surface area contributed by atoms with Crippen LogP contribution in [0.1, 0.15) is 31.4 Å². The van der Waals surface area contributed by atoms with Crippen LogP contribution in [0, 0.1) is 5.92 Å². The second kappa shape index (κ2) is 4.47. The molecule has 13 heavy (non-hydrogen) atoms. The lowest BCUT2D eigenvalue weighted by Crippen LogP contribution is -2.20. The van der Waals surface area contributed by atoms with Crippen molar-refractivity contribution < 1.29 is 4.42 Å². The van der Waals surface area contributed by atoms with Crippen molar-refractivity contribution in [2.75, 3.05) is 6.54 Å². The van der Waals surface area contributed by atoms with Gasteiger partial charge in [-0.15, -0.1) is 0 Å². The Hall–Kier alpha value is -0.760. The van der Waals surface area contributed by atoms with Crippen LogP contribution in [0.2, 0.25) is 0 Å². The zero-order valence-electron chi connectivity index (χ0n) is 7.96. The Morgan fingerprint density at radius 2 is 2.38 bits per heavy atom. The first-order chi connectivity index (χ1) is 6.45. The Kier molecular flexibility index (Phi) is 3.03. The molecule has 1 aromatic heterocycles. The van der Waals surface area contributed by atoms with Crippen LogP contribution in [0.25, 0.3) is 0 Å². The number of nitrogens with one attached hydrogen (secondary N) is 1. The molecule has 72 valence electrons. The average molecular weight is 179 g/mol. The van der Waals surface area contributed by atoms with Gasteiger partial charge in [-0.05, 0) is 31.0 Å². The summed E-state index contributed by atoms with van der Waals surface area (Å²) in [6, 6.07) is 3.94. The van der Waals surface area contributed by atoms with Crippen molar-refractivity contribution in [2.24, 2.45) is 5.92 Å². The Labute approximate surface area is 79.3 Å². The van der Waals surface area contributed by atoms with Crippen molar-refractivity contribution in [3.8, 4) is 0 Å². The monoisotopic (exact) mass is 179 g/mol. The maximum atomic E-state index is 5.22. The van der Waals surface area contributed by atoms with Gasteiger partial charge >= 0.3 is 0 Å². The summed E-state index contributed by atoms with van der Waals surface area (Å²) >= 11 is 0. The van der Waals surface area contributed by atoms with E-state index in [1.165, 1.54) is 25.7 Å². The molecule has 0 radical (unpaired) electrons. The molecule has 0 bridgehead atoms. The van der Waals surface area contributed by atoms with Gasteiger partial charge in [0, 0.05) is 0 Å². The molecule has 0 spiro atoms. The second-order valence-corrected chi connectivity index (χ2v) is 3.84. The van der Waals surface area contributed by atoms with E-state index in [2.05, 4.69) is 5.32 Å². The van der Waals surface area contributed by atoms with Crippen LogP contribution in [0.4, 0.5) is 0 Å². The van der Waals surface area contributed by atoms with E-state index in [9.17, 15) is 0 Å². The lowest BCUT2D eigenvalue weighted by molar-refractivity contribution is 0.290. The summed E-state index contributed by atoms with van der Waals surface area (Å²) in [4.78, 5) is 0. The van der Waals surface area contributed by atoms with Crippen LogP contribution in [0.15, 0.2) is 22.8 Å². The van der Waals surface area contributed by atoms with Crippen LogP contribution < -0.4 is 5.32 Å². The summed E-state index contributed by atoms with van der Waals surface area (Å²) in [7, 11) is 0. The smallest absolute Gasteiger partial charge is 0.117 e. The largest absolute Gasteiger partial charge is 0.468 e. The highest BCUT2D eigenvalue weighted by atomic mass is 16.3. The minimum Gasteiger partial charge on any atom is -0.468 e. The Bertz CT molecular complexity index is 226. The quantitative estimate of drug-likeness (QED) is 0.703. The summed E-state index contributed by atoms with van der Waals surface area (Å²) in [5.41, 5.74) is 0. The van der Waals surface area contributed by atoms with Crippen molar-refractivity contribution >= 4 is 0 Å². The van der Waals surface area contributed by atoms with Crippen LogP contribution in [-0.2, 0) is 6.54 Å². The van der Waals surface area contributed by atoms with Gasteiger partial charge in [-0.25, -0.2) is 0 Å². The molecule has 0 unspecified atom stereocenters. The van der Waals surface area contributed by atoms with Crippen molar-refractivity contribution in [3.05, 3.63) is 24.2 Å². The standard InChI is InChI=1S/C11H17NO/c1-3-10(4-1)6-7-12-9-11-5-2-8-13-11/h2,5,8,10,12H,1,3-4,6-7,9H2. The SMILES string of the molecule is c1coc(CNCCC2CCC2)c1. The van der Waals surface area contributed by atoms with E-state index in [4.69, 9.17) is 4.42 Å². The predicted molar refractivity (Wildman–Crippen MR) is 52.4 cm³/mol. The third kappa shape index (κ3) is 2.59. The topological polar surface area (TPSA) is 25.2 Å². The maximum Gasteiger partial charge on any atom is 0.117 e. The van der Waals surface area contributed by atoms with Crippen LogP contribution in [0.3, 0.4) is 0 Å². The fraction of sp³-hybridized carbons (Fsp3) is 0.636. The third-order valence-corrected chi connectivity index (χ3v) is 2.83. The molecule has 0 saturated heterocycles. The van der Waals surface area contributed by atoms with E-state index in [-0.39, 0.29) is 0 Å². The molecule has 2 nitrogen and oxygen atoms in total. The van der Waals surface area contributed by atoms with E-state index < -0.39 is 0 Å².